The van der Waals surface area contributed by atoms with Gasteiger partial charge in [-0.15, -0.1) is 0 Å². The summed E-state index contributed by atoms with van der Waals surface area (Å²) in [5, 5.41) is 9.02. The maximum Gasteiger partial charge on any atom is 0.309 e. The molecule has 2 heteroatoms. The summed E-state index contributed by atoms with van der Waals surface area (Å²) in [6.07, 6.45) is 3.87. The van der Waals surface area contributed by atoms with Crippen molar-refractivity contribution in [3.63, 3.8) is 0 Å². The van der Waals surface area contributed by atoms with Crippen molar-refractivity contribution in [1.82, 2.24) is 0 Å². The number of aliphatic carboxylic acids is 1. The normalized spacial score (nSPS) is 34.9. The first-order valence-corrected chi connectivity index (χ1v) is 5.19. The summed E-state index contributed by atoms with van der Waals surface area (Å²) < 4.78 is 0. The average molecular weight is 184 g/mol. The van der Waals surface area contributed by atoms with E-state index in [0.717, 1.165) is 31.6 Å². The van der Waals surface area contributed by atoms with E-state index in [1.807, 2.05) is 6.92 Å². The standard InChI is InChI=1S/C11H20O2/c1-8(2)9-4-6-11(3,7-5-9)10(12)13/h8-9H,4-7H2,1-3H3,(H,12,13). The number of rotatable bonds is 2. The first-order valence-electron chi connectivity index (χ1n) is 5.19. The van der Waals surface area contributed by atoms with E-state index in [-0.39, 0.29) is 0 Å². The quantitative estimate of drug-likeness (QED) is 0.716. The van der Waals surface area contributed by atoms with Crippen LogP contribution < -0.4 is 0 Å². The molecule has 2 nitrogen and oxygen atoms in total. The number of carboxylic acids is 1. The Morgan fingerprint density at radius 3 is 2.15 bits per heavy atom. The van der Waals surface area contributed by atoms with Crippen LogP contribution >= 0.6 is 0 Å². The summed E-state index contributed by atoms with van der Waals surface area (Å²) in [5.41, 5.74) is -0.439. The monoisotopic (exact) mass is 184 g/mol. The lowest BCUT2D eigenvalue weighted by Crippen LogP contribution is -2.33. The van der Waals surface area contributed by atoms with E-state index in [0.29, 0.717) is 5.92 Å². The molecule has 0 saturated heterocycles. The lowest BCUT2D eigenvalue weighted by molar-refractivity contribution is -0.150. The Bertz CT molecular complexity index is 188. The van der Waals surface area contributed by atoms with Gasteiger partial charge in [0, 0.05) is 0 Å². The second-order valence-corrected chi connectivity index (χ2v) is 4.95. The van der Waals surface area contributed by atoms with Gasteiger partial charge in [0.25, 0.3) is 0 Å². The van der Waals surface area contributed by atoms with Crippen LogP contribution in [-0.4, -0.2) is 11.1 Å². The summed E-state index contributed by atoms with van der Waals surface area (Å²) in [6, 6.07) is 0. The van der Waals surface area contributed by atoms with Crippen molar-refractivity contribution in [3.8, 4) is 0 Å². The van der Waals surface area contributed by atoms with E-state index >= 15 is 0 Å². The average Bonchev–Trinajstić information content (AvgIpc) is 2.04. The molecule has 13 heavy (non-hydrogen) atoms. The van der Waals surface area contributed by atoms with Gasteiger partial charge in [0.2, 0.25) is 0 Å². The molecule has 0 spiro atoms. The molecular formula is C11H20O2. The van der Waals surface area contributed by atoms with Crippen LogP contribution in [0.2, 0.25) is 0 Å². The number of hydrogen-bond acceptors (Lipinski definition) is 1. The highest BCUT2D eigenvalue weighted by Crippen LogP contribution is 2.41. The Hall–Kier alpha value is -0.530. The molecule has 0 atom stereocenters. The van der Waals surface area contributed by atoms with Gasteiger partial charge in [-0.1, -0.05) is 13.8 Å². The molecular weight excluding hydrogens is 164 g/mol. The van der Waals surface area contributed by atoms with Gasteiger partial charge >= 0.3 is 5.97 Å². The summed E-state index contributed by atoms with van der Waals surface area (Å²) in [7, 11) is 0. The lowest BCUT2D eigenvalue weighted by atomic mass is 9.69. The van der Waals surface area contributed by atoms with Crippen molar-refractivity contribution in [2.24, 2.45) is 17.3 Å². The minimum Gasteiger partial charge on any atom is -0.481 e. The van der Waals surface area contributed by atoms with Crippen LogP contribution in [0.15, 0.2) is 0 Å². The molecule has 0 amide bonds. The second kappa shape index (κ2) is 3.69. The maximum absolute atomic E-state index is 11.0. The molecule has 0 aromatic carbocycles. The molecule has 76 valence electrons. The fourth-order valence-electron chi connectivity index (χ4n) is 2.16. The molecule has 0 radical (unpaired) electrons. The lowest BCUT2D eigenvalue weighted by Gasteiger charge is -2.35. The van der Waals surface area contributed by atoms with Gasteiger partial charge in [0.1, 0.15) is 0 Å². The third-order valence-electron chi connectivity index (χ3n) is 3.59. The third kappa shape index (κ3) is 2.23. The molecule has 0 unspecified atom stereocenters. The highest BCUT2D eigenvalue weighted by atomic mass is 16.4. The van der Waals surface area contributed by atoms with Crippen molar-refractivity contribution in [3.05, 3.63) is 0 Å². The second-order valence-electron chi connectivity index (χ2n) is 4.95. The van der Waals surface area contributed by atoms with Crippen LogP contribution in [-0.2, 0) is 4.79 Å². The van der Waals surface area contributed by atoms with Gasteiger partial charge in [-0.3, -0.25) is 4.79 Å². The summed E-state index contributed by atoms with van der Waals surface area (Å²) in [5.74, 6) is 0.834. The van der Waals surface area contributed by atoms with E-state index < -0.39 is 11.4 Å². The molecule has 1 fully saturated rings. The van der Waals surface area contributed by atoms with Crippen LogP contribution in [0.4, 0.5) is 0 Å². The Balaban J connectivity index is 2.51. The van der Waals surface area contributed by atoms with E-state index in [1.165, 1.54) is 0 Å². The number of carboxylic acid groups (broad SMARTS) is 1. The highest BCUT2D eigenvalue weighted by molar-refractivity contribution is 5.74. The largest absolute Gasteiger partial charge is 0.481 e. The number of hydrogen-bond donors (Lipinski definition) is 1. The SMILES string of the molecule is CC(C)C1CCC(C)(C(=O)O)CC1. The summed E-state index contributed by atoms with van der Waals surface area (Å²) >= 11 is 0. The topological polar surface area (TPSA) is 37.3 Å². The van der Waals surface area contributed by atoms with Gasteiger partial charge in [-0.05, 0) is 44.4 Å². The Morgan fingerprint density at radius 1 is 1.38 bits per heavy atom. The fraction of sp³-hybridized carbons (Fsp3) is 0.909. The van der Waals surface area contributed by atoms with Crippen molar-refractivity contribution < 1.29 is 9.90 Å². The molecule has 1 N–H and O–H groups in total. The minimum absolute atomic E-state index is 0.439. The van der Waals surface area contributed by atoms with Gasteiger partial charge in [-0.25, -0.2) is 0 Å². The molecule has 1 aliphatic carbocycles. The molecule has 1 aliphatic rings. The van der Waals surface area contributed by atoms with Gasteiger partial charge < -0.3 is 5.11 Å². The molecule has 0 bridgehead atoms. The Morgan fingerprint density at radius 2 is 1.85 bits per heavy atom. The Kier molecular flexibility index (Phi) is 2.99. The number of carbonyl (C=O) groups is 1. The molecule has 0 aliphatic heterocycles. The van der Waals surface area contributed by atoms with Crippen molar-refractivity contribution in [2.45, 2.75) is 46.5 Å². The van der Waals surface area contributed by atoms with Crippen molar-refractivity contribution >= 4 is 5.97 Å². The van der Waals surface area contributed by atoms with Gasteiger partial charge in [0.15, 0.2) is 0 Å². The van der Waals surface area contributed by atoms with E-state index in [4.69, 9.17) is 5.11 Å². The minimum atomic E-state index is -0.616. The zero-order chi connectivity index (χ0) is 10.1. The predicted molar refractivity (Wildman–Crippen MR) is 52.5 cm³/mol. The predicted octanol–water partition coefficient (Wildman–Crippen LogP) is 2.92. The van der Waals surface area contributed by atoms with E-state index in [1.54, 1.807) is 0 Å². The van der Waals surface area contributed by atoms with Crippen LogP contribution in [0.25, 0.3) is 0 Å². The van der Waals surface area contributed by atoms with E-state index in [2.05, 4.69) is 13.8 Å². The first kappa shape index (κ1) is 10.6. The molecule has 0 heterocycles. The van der Waals surface area contributed by atoms with Crippen molar-refractivity contribution in [1.29, 1.82) is 0 Å². The van der Waals surface area contributed by atoms with Crippen LogP contribution in [0.3, 0.4) is 0 Å². The van der Waals surface area contributed by atoms with Crippen LogP contribution in [0.1, 0.15) is 46.5 Å². The zero-order valence-corrected chi connectivity index (χ0v) is 8.84. The third-order valence-corrected chi connectivity index (χ3v) is 3.59. The molecule has 1 saturated carbocycles. The maximum atomic E-state index is 11.0. The smallest absolute Gasteiger partial charge is 0.309 e. The first-order chi connectivity index (χ1) is 5.96. The summed E-state index contributed by atoms with van der Waals surface area (Å²) in [6.45, 7) is 6.34. The van der Waals surface area contributed by atoms with Crippen LogP contribution in [0, 0.1) is 17.3 Å². The van der Waals surface area contributed by atoms with Crippen molar-refractivity contribution in [2.75, 3.05) is 0 Å². The fourth-order valence-corrected chi connectivity index (χ4v) is 2.16. The highest BCUT2D eigenvalue weighted by Gasteiger charge is 2.37. The molecule has 1 rings (SSSR count). The van der Waals surface area contributed by atoms with E-state index in [9.17, 15) is 4.79 Å². The summed E-state index contributed by atoms with van der Waals surface area (Å²) in [4.78, 5) is 11.0. The van der Waals surface area contributed by atoms with Crippen LogP contribution in [0.5, 0.6) is 0 Å². The molecule has 0 aromatic heterocycles. The van der Waals surface area contributed by atoms with Gasteiger partial charge in [-0.2, -0.15) is 0 Å². The molecule has 0 aromatic rings. The van der Waals surface area contributed by atoms with Gasteiger partial charge in [0.05, 0.1) is 5.41 Å². The zero-order valence-electron chi connectivity index (χ0n) is 8.84. The Labute approximate surface area is 80.3 Å².